The van der Waals surface area contributed by atoms with Crippen molar-refractivity contribution in [1.29, 1.82) is 0 Å². The lowest BCUT2D eigenvalue weighted by molar-refractivity contribution is -0.135. The summed E-state index contributed by atoms with van der Waals surface area (Å²) in [4.78, 5) is 61.6. The summed E-state index contributed by atoms with van der Waals surface area (Å²) in [5.74, 6) is 0.432. The van der Waals surface area contributed by atoms with E-state index >= 15 is 0 Å². The van der Waals surface area contributed by atoms with Gasteiger partial charge >= 0.3 is 0 Å². The number of benzene rings is 3. The molecule has 0 aromatic heterocycles. The largest absolute Gasteiger partial charge is 0.491 e. The van der Waals surface area contributed by atoms with Crippen molar-refractivity contribution in [2.75, 3.05) is 96.9 Å². The molecule has 288 valence electrons. The van der Waals surface area contributed by atoms with Crippen LogP contribution in [0.5, 0.6) is 11.5 Å². The summed E-state index contributed by atoms with van der Waals surface area (Å²) in [5.41, 5.74) is 1.91. The van der Waals surface area contributed by atoms with Gasteiger partial charge in [-0.15, -0.1) is 24.8 Å². The maximum atomic E-state index is 13.5. The highest BCUT2D eigenvalue weighted by atomic mass is 35.5. The van der Waals surface area contributed by atoms with Gasteiger partial charge in [0.1, 0.15) is 11.5 Å². The third kappa shape index (κ3) is 12.3. The highest BCUT2D eigenvalue weighted by Gasteiger charge is 2.22. The fraction of sp³-hybridized carbons (Fsp3) is 0.436. The average Bonchev–Trinajstić information content (AvgIpc) is 3.15. The Hall–Kier alpha value is -4.36. The second kappa shape index (κ2) is 21.4. The predicted molar refractivity (Wildman–Crippen MR) is 212 cm³/mol. The van der Waals surface area contributed by atoms with Gasteiger partial charge < -0.3 is 39.3 Å². The number of hydrogen-bond donors (Lipinski definition) is 1. The van der Waals surface area contributed by atoms with E-state index in [-0.39, 0.29) is 55.0 Å². The molecule has 5 rings (SSSR count). The van der Waals surface area contributed by atoms with Crippen molar-refractivity contribution in [3.63, 3.8) is 0 Å². The number of para-hydroxylation sites is 3. The highest BCUT2D eigenvalue weighted by Crippen LogP contribution is 2.29. The summed E-state index contributed by atoms with van der Waals surface area (Å²) in [6, 6.07) is 20.9. The molecule has 0 unspecified atom stereocenters. The van der Waals surface area contributed by atoms with Crippen LogP contribution >= 0.6 is 24.8 Å². The van der Waals surface area contributed by atoms with E-state index in [4.69, 9.17) is 9.47 Å². The zero-order valence-electron chi connectivity index (χ0n) is 30.8. The maximum Gasteiger partial charge on any atom is 0.260 e. The average molecular weight is 772 g/mol. The van der Waals surface area contributed by atoms with Crippen LogP contribution in [0.25, 0.3) is 0 Å². The fourth-order valence-electron chi connectivity index (χ4n) is 6.07. The first-order chi connectivity index (χ1) is 24.7. The van der Waals surface area contributed by atoms with Crippen molar-refractivity contribution in [2.24, 2.45) is 0 Å². The zero-order chi connectivity index (χ0) is 36.2. The van der Waals surface area contributed by atoms with Gasteiger partial charge in [0, 0.05) is 77.1 Å². The number of carbonyl (C=O) groups is 4. The molecule has 2 fully saturated rings. The van der Waals surface area contributed by atoms with Crippen molar-refractivity contribution < 1.29 is 28.7 Å². The number of halogens is 2. The van der Waals surface area contributed by atoms with Crippen molar-refractivity contribution in [1.82, 2.24) is 19.6 Å². The smallest absolute Gasteiger partial charge is 0.260 e. The predicted octanol–water partition coefficient (Wildman–Crippen LogP) is 4.93. The van der Waals surface area contributed by atoms with Crippen LogP contribution in [0.1, 0.15) is 46.4 Å². The number of amides is 4. The van der Waals surface area contributed by atoms with E-state index in [9.17, 15) is 19.2 Å². The summed E-state index contributed by atoms with van der Waals surface area (Å²) in [7, 11) is 5.81. The standard InChI is InChI=1S/C39H50N6O6.2ClH/c1-41-20-24-44(25-21-41)36(46)15-5-4-10-28-50-35-14-9-7-12-33(35)43(3)39(49)30-16-18-31(19-17-30)40-38(48)32-11-6-8-13-34(32)51-29-37(47)45-26-22-42(2)23-27-45;;/h6-9,11-14,16-19H,4-5,10,15,20-29H2,1-3H3,(H,40,48);2*1H. The van der Waals surface area contributed by atoms with Gasteiger partial charge in [-0.1, -0.05) is 24.3 Å². The Kier molecular flexibility index (Phi) is 17.4. The number of ether oxygens (including phenoxy) is 2. The third-order valence-corrected chi connectivity index (χ3v) is 9.41. The Morgan fingerprint density at radius 1 is 0.660 bits per heavy atom. The third-order valence-electron chi connectivity index (χ3n) is 9.41. The van der Waals surface area contributed by atoms with Crippen molar-refractivity contribution in [3.8, 4) is 11.5 Å². The topological polar surface area (TPSA) is 115 Å². The second-order valence-corrected chi connectivity index (χ2v) is 13.2. The number of piperazine rings is 2. The van der Waals surface area contributed by atoms with Crippen LogP contribution in [0.3, 0.4) is 0 Å². The second-order valence-electron chi connectivity index (χ2n) is 13.2. The van der Waals surface area contributed by atoms with E-state index in [1.807, 2.05) is 36.2 Å². The van der Waals surface area contributed by atoms with E-state index in [1.165, 1.54) is 0 Å². The van der Waals surface area contributed by atoms with E-state index in [2.05, 4.69) is 22.2 Å². The van der Waals surface area contributed by atoms with Gasteiger partial charge in [-0.2, -0.15) is 0 Å². The first-order valence-corrected chi connectivity index (χ1v) is 17.8. The van der Waals surface area contributed by atoms with Crippen molar-refractivity contribution in [3.05, 3.63) is 83.9 Å². The van der Waals surface area contributed by atoms with Crippen LogP contribution in [0.15, 0.2) is 72.8 Å². The number of carbonyl (C=O) groups excluding carboxylic acids is 4. The minimum atomic E-state index is -0.387. The number of rotatable bonds is 14. The zero-order valence-corrected chi connectivity index (χ0v) is 32.5. The molecule has 2 heterocycles. The van der Waals surface area contributed by atoms with E-state index in [0.717, 1.165) is 58.5 Å². The number of unbranched alkanes of at least 4 members (excludes halogenated alkanes) is 2. The molecule has 1 N–H and O–H groups in total. The summed E-state index contributed by atoms with van der Waals surface area (Å²) in [5, 5.41) is 2.87. The number of anilines is 2. The molecular formula is C39H52Cl2N6O6. The summed E-state index contributed by atoms with van der Waals surface area (Å²) < 4.78 is 11.9. The Bertz CT molecular complexity index is 1650. The molecule has 0 bridgehead atoms. The minimum absolute atomic E-state index is 0. The summed E-state index contributed by atoms with van der Waals surface area (Å²) in [6.07, 6.45) is 3.07. The molecule has 0 aliphatic carbocycles. The van der Waals surface area contributed by atoms with Crippen LogP contribution in [0.2, 0.25) is 0 Å². The van der Waals surface area contributed by atoms with Crippen LogP contribution in [0, 0.1) is 0 Å². The minimum Gasteiger partial charge on any atom is -0.491 e. The molecule has 4 amide bonds. The van der Waals surface area contributed by atoms with Gasteiger partial charge in [0.2, 0.25) is 5.91 Å². The lowest BCUT2D eigenvalue weighted by Gasteiger charge is -2.32. The van der Waals surface area contributed by atoms with Crippen LogP contribution in [-0.2, 0) is 9.59 Å². The Labute approximate surface area is 325 Å². The van der Waals surface area contributed by atoms with Gasteiger partial charge in [-0.25, -0.2) is 0 Å². The lowest BCUT2D eigenvalue weighted by Crippen LogP contribution is -2.48. The number of likely N-dealkylation sites (N-methyl/N-ethyl adjacent to an activating group) is 2. The number of nitrogens with zero attached hydrogens (tertiary/aromatic N) is 5. The van der Waals surface area contributed by atoms with Gasteiger partial charge in [0.15, 0.2) is 6.61 Å². The fourth-order valence-corrected chi connectivity index (χ4v) is 6.07. The number of hydrogen-bond acceptors (Lipinski definition) is 8. The first kappa shape index (κ1) is 43.0. The Morgan fingerprint density at radius 2 is 1.23 bits per heavy atom. The van der Waals surface area contributed by atoms with E-state index < -0.39 is 0 Å². The molecule has 0 saturated carbocycles. The molecule has 12 nitrogen and oxygen atoms in total. The van der Waals surface area contributed by atoms with Gasteiger partial charge in [-0.3, -0.25) is 19.2 Å². The van der Waals surface area contributed by atoms with Crippen molar-refractivity contribution in [2.45, 2.75) is 25.7 Å². The van der Waals surface area contributed by atoms with Gasteiger partial charge in [0.25, 0.3) is 17.7 Å². The Balaban J connectivity index is 0.00000378. The molecule has 3 aromatic carbocycles. The molecule has 14 heteroatoms. The Morgan fingerprint density at radius 3 is 1.87 bits per heavy atom. The first-order valence-electron chi connectivity index (χ1n) is 17.8. The molecule has 0 radical (unpaired) electrons. The molecule has 3 aromatic rings. The van der Waals surface area contributed by atoms with E-state index in [1.54, 1.807) is 65.4 Å². The number of nitrogens with one attached hydrogen (secondary N) is 1. The molecule has 0 atom stereocenters. The molecular weight excluding hydrogens is 719 g/mol. The van der Waals surface area contributed by atoms with Gasteiger partial charge in [-0.05, 0) is 81.9 Å². The lowest BCUT2D eigenvalue weighted by atomic mass is 10.1. The molecule has 2 aliphatic heterocycles. The highest BCUT2D eigenvalue weighted by molar-refractivity contribution is 6.08. The molecule has 2 aliphatic rings. The maximum absolute atomic E-state index is 13.5. The van der Waals surface area contributed by atoms with Crippen LogP contribution < -0.4 is 19.7 Å². The molecule has 0 spiro atoms. The normalized spacial score (nSPS) is 14.7. The molecule has 2 saturated heterocycles. The quantitative estimate of drug-likeness (QED) is 0.230. The summed E-state index contributed by atoms with van der Waals surface area (Å²) in [6.45, 7) is 6.72. The summed E-state index contributed by atoms with van der Waals surface area (Å²) >= 11 is 0. The monoisotopic (exact) mass is 770 g/mol. The van der Waals surface area contributed by atoms with Crippen molar-refractivity contribution >= 4 is 59.8 Å². The SMILES string of the molecule is CN1CCN(C(=O)CCCCCOc2ccccc2N(C)C(=O)c2ccc(NC(=O)c3ccccc3OCC(=O)N3CCN(C)CC3)cc2)CC1.Cl.Cl. The van der Waals surface area contributed by atoms with Gasteiger partial charge in [0.05, 0.1) is 17.9 Å². The van der Waals surface area contributed by atoms with Crippen LogP contribution in [0.4, 0.5) is 11.4 Å². The van der Waals surface area contributed by atoms with Crippen LogP contribution in [-0.4, -0.2) is 130 Å². The van der Waals surface area contributed by atoms with E-state index in [0.29, 0.717) is 60.1 Å². The molecule has 53 heavy (non-hydrogen) atoms.